The topological polar surface area (TPSA) is 26.3 Å². The summed E-state index contributed by atoms with van der Waals surface area (Å²) in [6.45, 7) is 13.1. The van der Waals surface area contributed by atoms with E-state index in [0.29, 0.717) is 6.42 Å². The molecular formula is C15H24O2Si. The molecule has 0 saturated heterocycles. The van der Waals surface area contributed by atoms with Crippen LogP contribution < -0.4 is 4.43 Å². The van der Waals surface area contributed by atoms with Crippen molar-refractivity contribution in [3.05, 3.63) is 29.3 Å². The summed E-state index contributed by atoms with van der Waals surface area (Å²) in [6.07, 6.45) is 1.36. The molecule has 1 aromatic rings. The van der Waals surface area contributed by atoms with Crippen LogP contribution in [-0.4, -0.2) is 14.6 Å². The van der Waals surface area contributed by atoms with Gasteiger partial charge >= 0.3 is 0 Å². The summed E-state index contributed by atoms with van der Waals surface area (Å²) < 4.78 is 6.28. The van der Waals surface area contributed by atoms with Gasteiger partial charge in [-0.2, -0.15) is 0 Å². The molecule has 0 aromatic heterocycles. The first kappa shape index (κ1) is 15.0. The number of benzene rings is 1. The molecule has 0 bridgehead atoms. The number of carbonyl (C=O) groups is 1. The fourth-order valence-electron chi connectivity index (χ4n) is 1.49. The van der Waals surface area contributed by atoms with E-state index in [9.17, 15) is 4.79 Å². The zero-order chi connectivity index (χ0) is 14.0. The molecule has 0 aliphatic heterocycles. The summed E-state index contributed by atoms with van der Waals surface area (Å²) in [5.41, 5.74) is 2.16. The highest BCUT2D eigenvalue weighted by Gasteiger charge is 2.39. The molecule has 0 atom stereocenters. The molecule has 0 heterocycles. The van der Waals surface area contributed by atoms with E-state index in [4.69, 9.17) is 4.43 Å². The molecule has 0 amide bonds. The predicted molar refractivity (Wildman–Crippen MR) is 78.8 cm³/mol. The zero-order valence-electron chi connectivity index (χ0n) is 12.3. The van der Waals surface area contributed by atoms with Gasteiger partial charge < -0.3 is 9.22 Å². The predicted octanol–water partition coefficient (Wildman–Crippen LogP) is 4.12. The molecule has 1 aromatic carbocycles. The van der Waals surface area contributed by atoms with Crippen molar-refractivity contribution in [1.29, 1.82) is 0 Å². The third-order valence-corrected chi connectivity index (χ3v) is 8.03. The van der Waals surface area contributed by atoms with Crippen molar-refractivity contribution in [3.8, 4) is 5.75 Å². The average molecular weight is 264 g/mol. The molecule has 3 heteroatoms. The largest absolute Gasteiger partial charge is 0.543 e. The lowest BCUT2D eigenvalue weighted by Crippen LogP contribution is -2.44. The van der Waals surface area contributed by atoms with Crippen molar-refractivity contribution in [1.82, 2.24) is 0 Å². The maximum absolute atomic E-state index is 10.8. The normalized spacial score (nSPS) is 12.3. The molecule has 0 fully saturated rings. The van der Waals surface area contributed by atoms with Crippen molar-refractivity contribution in [3.63, 3.8) is 0 Å². The van der Waals surface area contributed by atoms with Gasteiger partial charge in [0.15, 0.2) is 0 Å². The van der Waals surface area contributed by atoms with Crippen LogP contribution >= 0.6 is 0 Å². The molecule has 18 heavy (non-hydrogen) atoms. The van der Waals surface area contributed by atoms with Crippen LogP contribution in [0.4, 0.5) is 0 Å². The van der Waals surface area contributed by atoms with Crippen molar-refractivity contribution in [2.45, 2.75) is 52.2 Å². The first-order valence-corrected chi connectivity index (χ1v) is 9.30. The van der Waals surface area contributed by atoms with Crippen LogP contribution in [0.2, 0.25) is 18.1 Å². The Labute approximate surface area is 111 Å². The van der Waals surface area contributed by atoms with Gasteiger partial charge in [0.05, 0.1) is 0 Å². The second kappa shape index (κ2) is 5.27. The Bertz CT molecular complexity index is 431. The van der Waals surface area contributed by atoms with E-state index < -0.39 is 8.32 Å². The molecular weight excluding hydrogens is 240 g/mol. The molecule has 0 aliphatic rings. The maximum atomic E-state index is 10.8. The van der Waals surface area contributed by atoms with Gasteiger partial charge in [-0.3, -0.25) is 0 Å². The third-order valence-electron chi connectivity index (χ3n) is 3.69. The number of rotatable bonds is 4. The minimum Gasteiger partial charge on any atom is -0.543 e. The highest BCUT2D eigenvalue weighted by Crippen LogP contribution is 2.38. The average Bonchev–Trinajstić information content (AvgIpc) is 2.20. The van der Waals surface area contributed by atoms with E-state index in [1.54, 1.807) is 0 Å². The summed E-state index contributed by atoms with van der Waals surface area (Å²) in [6, 6.07) is 6.07. The van der Waals surface area contributed by atoms with E-state index in [1.165, 1.54) is 0 Å². The summed E-state index contributed by atoms with van der Waals surface area (Å²) in [5, 5.41) is 0.163. The van der Waals surface area contributed by atoms with E-state index in [1.807, 2.05) is 25.1 Å². The lowest BCUT2D eigenvalue weighted by Gasteiger charge is -2.37. The Morgan fingerprint density at radius 1 is 1.28 bits per heavy atom. The van der Waals surface area contributed by atoms with Gasteiger partial charge in [0.25, 0.3) is 0 Å². The summed E-state index contributed by atoms with van der Waals surface area (Å²) in [7, 11) is -1.84. The number of hydrogen-bond donors (Lipinski definition) is 0. The van der Waals surface area contributed by atoms with Gasteiger partial charge in [-0.15, -0.1) is 0 Å². The molecule has 1 rings (SSSR count). The highest BCUT2D eigenvalue weighted by molar-refractivity contribution is 6.74. The molecule has 0 N–H and O–H groups in total. The Morgan fingerprint density at radius 2 is 1.89 bits per heavy atom. The van der Waals surface area contributed by atoms with Crippen LogP contribution in [0.15, 0.2) is 18.2 Å². The van der Waals surface area contributed by atoms with Crippen molar-refractivity contribution in [2.24, 2.45) is 0 Å². The van der Waals surface area contributed by atoms with Gasteiger partial charge in [0, 0.05) is 12.0 Å². The first-order chi connectivity index (χ1) is 8.17. The van der Waals surface area contributed by atoms with E-state index in [-0.39, 0.29) is 5.04 Å². The molecule has 0 unspecified atom stereocenters. The van der Waals surface area contributed by atoms with Gasteiger partial charge in [-0.1, -0.05) is 38.5 Å². The van der Waals surface area contributed by atoms with Gasteiger partial charge in [0.1, 0.15) is 12.0 Å². The maximum Gasteiger partial charge on any atom is 0.250 e. The first-order valence-electron chi connectivity index (χ1n) is 6.39. The number of aryl methyl sites for hydroxylation is 1. The Balaban J connectivity index is 3.07. The SMILES string of the molecule is Cc1ccc(O[Si](C)(C)C(C)(C)C)c(CC=O)c1. The minimum atomic E-state index is -1.84. The van der Waals surface area contributed by atoms with Crippen LogP contribution in [0.1, 0.15) is 31.9 Å². The zero-order valence-corrected chi connectivity index (χ0v) is 13.3. The Hall–Kier alpha value is -1.09. The van der Waals surface area contributed by atoms with E-state index in [2.05, 4.69) is 33.9 Å². The summed E-state index contributed by atoms with van der Waals surface area (Å²) >= 11 is 0. The number of hydrogen-bond acceptors (Lipinski definition) is 2. The lowest BCUT2D eigenvalue weighted by atomic mass is 10.1. The van der Waals surface area contributed by atoms with E-state index in [0.717, 1.165) is 23.2 Å². The smallest absolute Gasteiger partial charge is 0.250 e. The number of aldehydes is 1. The molecule has 0 saturated carbocycles. The molecule has 0 aliphatic carbocycles. The fraction of sp³-hybridized carbons (Fsp3) is 0.533. The van der Waals surface area contributed by atoms with Crippen molar-refractivity contribution in [2.75, 3.05) is 0 Å². The van der Waals surface area contributed by atoms with Gasteiger partial charge in [0.2, 0.25) is 8.32 Å². The second-order valence-electron chi connectivity index (χ2n) is 6.34. The van der Waals surface area contributed by atoms with Crippen molar-refractivity contribution >= 4 is 14.6 Å². The molecule has 0 radical (unpaired) electrons. The summed E-state index contributed by atoms with van der Waals surface area (Å²) in [5.74, 6) is 0.874. The van der Waals surface area contributed by atoms with Gasteiger partial charge in [-0.25, -0.2) is 0 Å². The molecule has 2 nitrogen and oxygen atoms in total. The fourth-order valence-corrected chi connectivity index (χ4v) is 2.54. The Morgan fingerprint density at radius 3 is 2.39 bits per heavy atom. The quantitative estimate of drug-likeness (QED) is 0.604. The molecule has 0 spiro atoms. The Kier molecular flexibility index (Phi) is 4.38. The monoisotopic (exact) mass is 264 g/mol. The van der Waals surface area contributed by atoms with Crippen LogP contribution in [-0.2, 0) is 11.2 Å². The van der Waals surface area contributed by atoms with Gasteiger partial charge in [-0.05, 0) is 31.1 Å². The third kappa shape index (κ3) is 3.45. The highest BCUT2D eigenvalue weighted by atomic mass is 28.4. The van der Waals surface area contributed by atoms with Crippen LogP contribution in [0, 0.1) is 6.92 Å². The van der Waals surface area contributed by atoms with Crippen LogP contribution in [0.3, 0.4) is 0 Å². The van der Waals surface area contributed by atoms with Crippen LogP contribution in [0.5, 0.6) is 5.75 Å². The standard InChI is InChI=1S/C15H24O2Si/c1-12-7-8-14(13(11-12)9-10-16)17-18(5,6)15(2,3)4/h7-8,10-11H,9H2,1-6H3. The lowest BCUT2D eigenvalue weighted by molar-refractivity contribution is -0.107. The minimum absolute atomic E-state index is 0.163. The second-order valence-corrected chi connectivity index (χ2v) is 11.1. The molecule has 100 valence electrons. The summed E-state index contributed by atoms with van der Waals surface area (Å²) in [4.78, 5) is 10.8. The number of carbonyl (C=O) groups excluding carboxylic acids is 1. The van der Waals surface area contributed by atoms with Crippen LogP contribution in [0.25, 0.3) is 0 Å². The van der Waals surface area contributed by atoms with Crippen molar-refractivity contribution < 1.29 is 9.22 Å². The van der Waals surface area contributed by atoms with E-state index >= 15 is 0 Å².